The van der Waals surface area contributed by atoms with Gasteiger partial charge in [0.1, 0.15) is 0 Å². The number of aliphatic carboxylic acids is 1. The Bertz CT molecular complexity index is 664. The van der Waals surface area contributed by atoms with Crippen LogP contribution in [0.2, 0.25) is 0 Å². The second-order valence-electron chi connectivity index (χ2n) is 5.33. The number of carboxylic acid groups (broad SMARTS) is 1. The number of aryl methyl sites for hydroxylation is 2. The van der Waals surface area contributed by atoms with E-state index in [2.05, 4.69) is 19.1 Å². The quantitative estimate of drug-likeness (QED) is 0.905. The van der Waals surface area contributed by atoms with E-state index < -0.39 is 11.9 Å². The molecular formula is C17H17NO2. The second kappa shape index (κ2) is 5.08. The fraction of sp³-hybridized carbons (Fsp3) is 0.294. The van der Waals surface area contributed by atoms with Crippen molar-refractivity contribution in [1.82, 2.24) is 4.98 Å². The van der Waals surface area contributed by atoms with E-state index in [0.29, 0.717) is 6.42 Å². The summed E-state index contributed by atoms with van der Waals surface area (Å²) < 4.78 is 0. The van der Waals surface area contributed by atoms with Gasteiger partial charge in [-0.2, -0.15) is 0 Å². The van der Waals surface area contributed by atoms with Crippen molar-refractivity contribution in [3.63, 3.8) is 0 Å². The van der Waals surface area contributed by atoms with Gasteiger partial charge in [0.15, 0.2) is 0 Å². The van der Waals surface area contributed by atoms with E-state index in [0.717, 1.165) is 35.4 Å². The number of hydrogen-bond donors (Lipinski definition) is 1. The molecule has 0 radical (unpaired) electrons. The average Bonchev–Trinajstić information content (AvgIpc) is 2.46. The fourth-order valence-electron chi connectivity index (χ4n) is 2.93. The molecular weight excluding hydrogens is 250 g/mol. The van der Waals surface area contributed by atoms with Crippen LogP contribution < -0.4 is 0 Å². The van der Waals surface area contributed by atoms with Crippen molar-refractivity contribution < 1.29 is 9.90 Å². The van der Waals surface area contributed by atoms with E-state index in [1.54, 1.807) is 0 Å². The number of aromatic nitrogens is 1. The van der Waals surface area contributed by atoms with Crippen LogP contribution in [0, 0.1) is 6.92 Å². The molecule has 0 spiro atoms. The first-order valence-electron chi connectivity index (χ1n) is 6.95. The summed E-state index contributed by atoms with van der Waals surface area (Å²) in [5.41, 5.74) is 5.08. The van der Waals surface area contributed by atoms with Crippen LogP contribution >= 0.6 is 0 Å². The molecule has 0 fully saturated rings. The lowest BCUT2D eigenvalue weighted by atomic mass is 9.85. The third-order valence-corrected chi connectivity index (χ3v) is 4.01. The summed E-state index contributed by atoms with van der Waals surface area (Å²) in [6, 6.07) is 12.0. The van der Waals surface area contributed by atoms with Gasteiger partial charge in [0, 0.05) is 11.3 Å². The van der Waals surface area contributed by atoms with E-state index in [9.17, 15) is 9.90 Å². The van der Waals surface area contributed by atoms with Crippen LogP contribution in [-0.2, 0) is 11.2 Å². The van der Waals surface area contributed by atoms with Crippen molar-refractivity contribution in [2.75, 3.05) is 0 Å². The number of carboxylic acids is 1. The van der Waals surface area contributed by atoms with E-state index in [1.807, 2.05) is 24.3 Å². The largest absolute Gasteiger partial charge is 0.481 e. The zero-order valence-corrected chi connectivity index (χ0v) is 11.5. The van der Waals surface area contributed by atoms with Crippen LogP contribution in [0.3, 0.4) is 0 Å². The normalized spacial score (nSPS) is 17.6. The Morgan fingerprint density at radius 3 is 2.80 bits per heavy atom. The molecule has 1 aromatic carbocycles. The molecule has 1 heterocycles. The molecule has 1 N–H and O–H groups in total. The molecule has 1 unspecified atom stereocenters. The molecule has 1 aliphatic rings. The van der Waals surface area contributed by atoms with Crippen LogP contribution in [0.15, 0.2) is 36.4 Å². The van der Waals surface area contributed by atoms with Crippen molar-refractivity contribution in [3.8, 4) is 11.3 Å². The van der Waals surface area contributed by atoms with Crippen molar-refractivity contribution in [2.45, 2.75) is 32.1 Å². The van der Waals surface area contributed by atoms with E-state index >= 15 is 0 Å². The van der Waals surface area contributed by atoms with Crippen LogP contribution in [0.4, 0.5) is 0 Å². The molecule has 2 aromatic rings. The molecule has 3 heteroatoms. The first kappa shape index (κ1) is 12.9. The third kappa shape index (κ3) is 2.20. The van der Waals surface area contributed by atoms with E-state index in [1.165, 1.54) is 5.56 Å². The van der Waals surface area contributed by atoms with Gasteiger partial charge in [-0.1, -0.05) is 30.3 Å². The molecule has 0 bridgehead atoms. The minimum absolute atomic E-state index is 0.392. The van der Waals surface area contributed by atoms with Crippen LogP contribution in [0.1, 0.15) is 35.6 Å². The smallest absolute Gasteiger partial charge is 0.311 e. The van der Waals surface area contributed by atoms with Crippen LogP contribution in [0.5, 0.6) is 0 Å². The number of fused-ring (bicyclic) bond motifs is 1. The summed E-state index contributed by atoms with van der Waals surface area (Å²) in [5, 5.41) is 9.29. The number of nitrogens with zero attached hydrogens (tertiary/aromatic N) is 1. The minimum atomic E-state index is -0.739. The lowest BCUT2D eigenvalue weighted by molar-refractivity contribution is -0.139. The van der Waals surface area contributed by atoms with Crippen molar-refractivity contribution >= 4 is 5.97 Å². The van der Waals surface area contributed by atoms with Crippen molar-refractivity contribution in [3.05, 3.63) is 53.2 Å². The predicted octanol–water partition coefficient (Wildman–Crippen LogP) is 3.56. The SMILES string of the molecule is Cc1ccccc1-c1ccc2c(n1)CCCC2C(=O)O. The Morgan fingerprint density at radius 2 is 2.05 bits per heavy atom. The molecule has 20 heavy (non-hydrogen) atoms. The lowest BCUT2D eigenvalue weighted by Crippen LogP contribution is -2.19. The Morgan fingerprint density at radius 1 is 1.25 bits per heavy atom. The maximum Gasteiger partial charge on any atom is 0.311 e. The maximum atomic E-state index is 11.3. The first-order chi connectivity index (χ1) is 9.66. The van der Waals surface area contributed by atoms with Gasteiger partial charge in [0.25, 0.3) is 0 Å². The minimum Gasteiger partial charge on any atom is -0.481 e. The molecule has 0 amide bonds. The van der Waals surface area contributed by atoms with Gasteiger partial charge in [0.2, 0.25) is 0 Å². The van der Waals surface area contributed by atoms with E-state index in [4.69, 9.17) is 4.98 Å². The van der Waals surface area contributed by atoms with Gasteiger partial charge < -0.3 is 5.11 Å². The molecule has 1 atom stereocenters. The molecule has 0 aliphatic heterocycles. The standard InChI is InChI=1S/C17H17NO2/c1-11-5-2-3-6-12(11)16-10-9-13-14(17(19)20)7-4-8-15(13)18-16/h2-3,5-6,9-10,14H,4,7-8H2,1H3,(H,19,20). The fourth-order valence-corrected chi connectivity index (χ4v) is 2.93. The molecule has 3 nitrogen and oxygen atoms in total. The highest BCUT2D eigenvalue weighted by atomic mass is 16.4. The molecule has 1 aromatic heterocycles. The Hall–Kier alpha value is -2.16. The highest BCUT2D eigenvalue weighted by Gasteiger charge is 2.27. The zero-order chi connectivity index (χ0) is 14.1. The number of benzene rings is 1. The highest BCUT2D eigenvalue weighted by molar-refractivity contribution is 5.77. The molecule has 102 valence electrons. The summed E-state index contributed by atoms with van der Waals surface area (Å²) in [5.74, 6) is -1.13. The first-order valence-corrected chi connectivity index (χ1v) is 6.95. The summed E-state index contributed by atoms with van der Waals surface area (Å²) >= 11 is 0. The third-order valence-electron chi connectivity index (χ3n) is 4.01. The second-order valence-corrected chi connectivity index (χ2v) is 5.33. The number of carbonyl (C=O) groups is 1. The topological polar surface area (TPSA) is 50.2 Å². The molecule has 1 aliphatic carbocycles. The number of hydrogen-bond acceptors (Lipinski definition) is 2. The van der Waals surface area contributed by atoms with Crippen molar-refractivity contribution in [1.29, 1.82) is 0 Å². The molecule has 3 rings (SSSR count). The number of pyridine rings is 1. The van der Waals surface area contributed by atoms with Crippen molar-refractivity contribution in [2.24, 2.45) is 0 Å². The summed E-state index contributed by atoms with van der Waals surface area (Å²) in [6.45, 7) is 2.07. The summed E-state index contributed by atoms with van der Waals surface area (Å²) in [6.07, 6.45) is 2.49. The molecule has 0 saturated heterocycles. The van der Waals surface area contributed by atoms with Gasteiger partial charge >= 0.3 is 5.97 Å². The van der Waals surface area contributed by atoms with Gasteiger partial charge in [-0.25, -0.2) is 0 Å². The van der Waals surface area contributed by atoms with Crippen LogP contribution in [0.25, 0.3) is 11.3 Å². The monoisotopic (exact) mass is 267 g/mol. The predicted molar refractivity (Wildman–Crippen MR) is 77.7 cm³/mol. The Balaban J connectivity index is 2.06. The highest BCUT2D eigenvalue weighted by Crippen LogP contribution is 2.33. The van der Waals surface area contributed by atoms with Crippen LogP contribution in [-0.4, -0.2) is 16.1 Å². The summed E-state index contributed by atoms with van der Waals surface area (Å²) in [4.78, 5) is 16.0. The van der Waals surface area contributed by atoms with Gasteiger partial charge in [-0.05, 0) is 43.4 Å². The Labute approximate surface area is 118 Å². The van der Waals surface area contributed by atoms with Gasteiger partial charge in [0.05, 0.1) is 11.6 Å². The maximum absolute atomic E-state index is 11.3. The van der Waals surface area contributed by atoms with E-state index in [-0.39, 0.29) is 0 Å². The average molecular weight is 267 g/mol. The number of rotatable bonds is 2. The summed E-state index contributed by atoms with van der Waals surface area (Å²) in [7, 11) is 0. The van der Waals surface area contributed by atoms with Gasteiger partial charge in [-0.15, -0.1) is 0 Å². The molecule has 0 saturated carbocycles. The Kier molecular flexibility index (Phi) is 3.26. The zero-order valence-electron chi connectivity index (χ0n) is 11.5. The lowest BCUT2D eigenvalue weighted by Gasteiger charge is -2.22. The van der Waals surface area contributed by atoms with Gasteiger partial charge in [-0.3, -0.25) is 9.78 Å².